The van der Waals surface area contributed by atoms with E-state index in [0.29, 0.717) is 49.8 Å². The van der Waals surface area contributed by atoms with E-state index in [1.165, 1.54) is 0 Å². The lowest BCUT2D eigenvalue weighted by Crippen LogP contribution is -2.51. The molecule has 9 nitrogen and oxygen atoms in total. The minimum atomic E-state index is -0.788. The van der Waals surface area contributed by atoms with Crippen LogP contribution in [0.3, 0.4) is 0 Å². The number of nitrogens with zero attached hydrogens (tertiary/aromatic N) is 2. The van der Waals surface area contributed by atoms with Gasteiger partial charge in [-0.1, -0.05) is 0 Å². The number of piperazine rings is 1. The Balaban J connectivity index is 1.44. The molecule has 1 aliphatic rings. The lowest BCUT2D eigenvalue weighted by Gasteiger charge is -2.34. The van der Waals surface area contributed by atoms with Gasteiger partial charge in [0.1, 0.15) is 17.2 Å². The molecule has 1 aliphatic heterocycles. The van der Waals surface area contributed by atoms with Gasteiger partial charge in [0, 0.05) is 31.7 Å². The van der Waals surface area contributed by atoms with Crippen LogP contribution >= 0.6 is 0 Å². The molecule has 0 aromatic heterocycles. The maximum absolute atomic E-state index is 12.8. The van der Waals surface area contributed by atoms with Crippen molar-refractivity contribution in [3.8, 4) is 17.2 Å². The number of rotatable bonds is 8. The molecule has 0 unspecified atom stereocenters. The van der Waals surface area contributed by atoms with Gasteiger partial charge in [0.25, 0.3) is 11.8 Å². The van der Waals surface area contributed by atoms with Gasteiger partial charge in [-0.05, 0) is 62.4 Å². The highest BCUT2D eigenvalue weighted by atomic mass is 16.7. The van der Waals surface area contributed by atoms with Crippen LogP contribution in [0.1, 0.15) is 24.2 Å². The summed E-state index contributed by atoms with van der Waals surface area (Å²) in [5.41, 5.74) is 0.477. The van der Waals surface area contributed by atoms with Gasteiger partial charge < -0.3 is 28.7 Å². The van der Waals surface area contributed by atoms with E-state index >= 15 is 0 Å². The first-order valence-electron chi connectivity index (χ1n) is 10.9. The summed E-state index contributed by atoms with van der Waals surface area (Å²) in [6.07, 6.45) is -0.788. The standard InChI is InChI=1S/C24H28N2O7/c1-3-30-19-9-11-20(12-10-19)32-17-22(27)25-13-15-26(16-14-25)23(28)18-5-7-21(8-6-18)33-24(29)31-4-2/h5-12H,3-4,13-17H2,1-2H3. The zero-order valence-electron chi connectivity index (χ0n) is 18.8. The highest BCUT2D eigenvalue weighted by Crippen LogP contribution is 2.18. The predicted octanol–water partition coefficient (Wildman–Crippen LogP) is 2.98. The highest BCUT2D eigenvalue weighted by molar-refractivity contribution is 5.94. The van der Waals surface area contributed by atoms with Crippen molar-refractivity contribution in [2.24, 2.45) is 0 Å². The second-order valence-corrected chi connectivity index (χ2v) is 7.18. The number of benzene rings is 2. The molecular formula is C24H28N2O7. The predicted molar refractivity (Wildman–Crippen MR) is 120 cm³/mol. The summed E-state index contributed by atoms with van der Waals surface area (Å²) in [6.45, 7) is 6.05. The highest BCUT2D eigenvalue weighted by Gasteiger charge is 2.25. The zero-order chi connectivity index (χ0) is 23.6. The van der Waals surface area contributed by atoms with Gasteiger partial charge in [-0.3, -0.25) is 9.59 Å². The van der Waals surface area contributed by atoms with Crippen molar-refractivity contribution in [3.05, 3.63) is 54.1 Å². The zero-order valence-corrected chi connectivity index (χ0v) is 18.8. The number of ether oxygens (including phenoxy) is 4. The second kappa shape index (κ2) is 11.8. The Labute approximate surface area is 192 Å². The summed E-state index contributed by atoms with van der Waals surface area (Å²) in [7, 11) is 0. The van der Waals surface area contributed by atoms with E-state index in [1.807, 2.05) is 6.92 Å². The Morgan fingerprint density at radius 2 is 1.27 bits per heavy atom. The molecule has 9 heteroatoms. The molecular weight excluding hydrogens is 428 g/mol. The largest absolute Gasteiger partial charge is 0.513 e. The molecule has 0 atom stereocenters. The average Bonchev–Trinajstić information content (AvgIpc) is 2.84. The molecule has 0 radical (unpaired) electrons. The van der Waals surface area contributed by atoms with Crippen molar-refractivity contribution in [2.75, 3.05) is 46.0 Å². The van der Waals surface area contributed by atoms with Crippen LogP contribution in [-0.4, -0.2) is 73.8 Å². The molecule has 1 fully saturated rings. The molecule has 0 N–H and O–H groups in total. The molecule has 1 saturated heterocycles. The third-order valence-electron chi connectivity index (χ3n) is 4.98. The Bertz CT molecular complexity index is 936. The van der Waals surface area contributed by atoms with E-state index in [1.54, 1.807) is 65.3 Å². The lowest BCUT2D eigenvalue weighted by molar-refractivity contribution is -0.134. The number of carbonyl (C=O) groups is 3. The van der Waals surface area contributed by atoms with E-state index < -0.39 is 6.16 Å². The van der Waals surface area contributed by atoms with Crippen molar-refractivity contribution in [1.82, 2.24) is 9.80 Å². The van der Waals surface area contributed by atoms with Crippen LogP contribution < -0.4 is 14.2 Å². The minimum absolute atomic E-state index is 0.0656. The number of amides is 2. The summed E-state index contributed by atoms with van der Waals surface area (Å²) in [5.74, 6) is 1.37. The molecule has 176 valence electrons. The SMILES string of the molecule is CCOC(=O)Oc1ccc(C(=O)N2CCN(C(=O)COc3ccc(OCC)cc3)CC2)cc1. The normalized spacial score (nSPS) is 13.3. The maximum atomic E-state index is 12.8. The minimum Gasteiger partial charge on any atom is -0.494 e. The topological polar surface area (TPSA) is 94.6 Å². The van der Waals surface area contributed by atoms with Crippen LogP contribution in [0.15, 0.2) is 48.5 Å². The second-order valence-electron chi connectivity index (χ2n) is 7.18. The van der Waals surface area contributed by atoms with Crippen molar-refractivity contribution < 1.29 is 33.3 Å². The smallest absolute Gasteiger partial charge is 0.494 e. The van der Waals surface area contributed by atoms with E-state index in [9.17, 15) is 14.4 Å². The quantitative estimate of drug-likeness (QED) is 0.445. The van der Waals surface area contributed by atoms with Crippen LogP contribution in [0, 0.1) is 0 Å². The Morgan fingerprint density at radius 3 is 1.85 bits per heavy atom. The van der Waals surface area contributed by atoms with Crippen molar-refractivity contribution in [1.29, 1.82) is 0 Å². The first-order chi connectivity index (χ1) is 16.0. The summed E-state index contributed by atoms with van der Waals surface area (Å²) >= 11 is 0. The third-order valence-corrected chi connectivity index (χ3v) is 4.98. The summed E-state index contributed by atoms with van der Waals surface area (Å²) < 4.78 is 20.7. The monoisotopic (exact) mass is 456 g/mol. The molecule has 33 heavy (non-hydrogen) atoms. The lowest BCUT2D eigenvalue weighted by atomic mass is 10.1. The van der Waals surface area contributed by atoms with E-state index in [2.05, 4.69) is 0 Å². The van der Waals surface area contributed by atoms with E-state index in [4.69, 9.17) is 18.9 Å². The average molecular weight is 456 g/mol. The van der Waals surface area contributed by atoms with Crippen LogP contribution in [0.5, 0.6) is 17.2 Å². The van der Waals surface area contributed by atoms with Gasteiger partial charge in [0.05, 0.1) is 13.2 Å². The first-order valence-corrected chi connectivity index (χ1v) is 10.9. The van der Waals surface area contributed by atoms with Gasteiger partial charge in [-0.15, -0.1) is 0 Å². The molecule has 0 saturated carbocycles. The van der Waals surface area contributed by atoms with E-state index in [0.717, 1.165) is 5.75 Å². The molecule has 1 heterocycles. The van der Waals surface area contributed by atoms with Crippen LogP contribution in [0.4, 0.5) is 4.79 Å². The Kier molecular flexibility index (Phi) is 8.51. The summed E-state index contributed by atoms with van der Waals surface area (Å²) in [6, 6.07) is 13.4. The molecule has 3 rings (SSSR count). The molecule has 0 aliphatic carbocycles. The van der Waals surface area contributed by atoms with Gasteiger partial charge in [0.15, 0.2) is 6.61 Å². The van der Waals surface area contributed by atoms with Crippen LogP contribution in [-0.2, 0) is 9.53 Å². The molecule has 2 amide bonds. The molecule has 2 aromatic carbocycles. The molecule has 2 aromatic rings. The van der Waals surface area contributed by atoms with Gasteiger partial charge in [-0.2, -0.15) is 0 Å². The number of carbonyl (C=O) groups excluding carboxylic acids is 3. The first kappa shape index (κ1) is 23.9. The number of hydrogen-bond donors (Lipinski definition) is 0. The van der Waals surface area contributed by atoms with Crippen molar-refractivity contribution in [2.45, 2.75) is 13.8 Å². The van der Waals surface area contributed by atoms with Crippen LogP contribution in [0.2, 0.25) is 0 Å². The third kappa shape index (κ3) is 6.86. The fourth-order valence-electron chi connectivity index (χ4n) is 3.29. The van der Waals surface area contributed by atoms with Gasteiger partial charge >= 0.3 is 6.16 Å². The van der Waals surface area contributed by atoms with Gasteiger partial charge in [0.2, 0.25) is 0 Å². The van der Waals surface area contributed by atoms with Crippen LogP contribution in [0.25, 0.3) is 0 Å². The fourth-order valence-corrected chi connectivity index (χ4v) is 3.29. The van der Waals surface area contributed by atoms with Gasteiger partial charge in [-0.25, -0.2) is 4.79 Å². The Hall–Kier alpha value is -3.75. The summed E-state index contributed by atoms with van der Waals surface area (Å²) in [4.78, 5) is 40.0. The van der Waals surface area contributed by atoms with E-state index in [-0.39, 0.29) is 25.0 Å². The summed E-state index contributed by atoms with van der Waals surface area (Å²) in [5, 5.41) is 0. The molecule has 0 bridgehead atoms. The van der Waals surface area contributed by atoms with Crippen molar-refractivity contribution >= 4 is 18.0 Å². The number of hydrogen-bond acceptors (Lipinski definition) is 7. The Morgan fingerprint density at radius 1 is 0.727 bits per heavy atom. The fraction of sp³-hybridized carbons (Fsp3) is 0.375. The molecule has 0 spiro atoms. The van der Waals surface area contributed by atoms with Crippen molar-refractivity contribution in [3.63, 3.8) is 0 Å². The maximum Gasteiger partial charge on any atom is 0.513 e.